The summed E-state index contributed by atoms with van der Waals surface area (Å²) in [4.78, 5) is 0. The molecule has 0 aliphatic carbocycles. The molecule has 0 fully saturated rings. The molecule has 15 heavy (non-hydrogen) atoms. The van der Waals surface area contributed by atoms with Gasteiger partial charge in [-0.1, -0.05) is 38.1 Å². The van der Waals surface area contributed by atoms with Crippen molar-refractivity contribution in [2.24, 2.45) is 0 Å². The van der Waals surface area contributed by atoms with Crippen molar-refractivity contribution in [2.75, 3.05) is 0 Å². The van der Waals surface area contributed by atoms with Crippen molar-refractivity contribution >= 4 is 0 Å². The summed E-state index contributed by atoms with van der Waals surface area (Å²) < 4.78 is 5.75. The van der Waals surface area contributed by atoms with Gasteiger partial charge in [0.25, 0.3) is 0 Å². The van der Waals surface area contributed by atoms with E-state index in [1.807, 2.05) is 0 Å². The van der Waals surface area contributed by atoms with Crippen LogP contribution in [0.3, 0.4) is 0 Å². The zero-order valence-corrected chi connectivity index (χ0v) is 10.5. The Morgan fingerprint density at radius 2 is 1.87 bits per heavy atom. The highest BCUT2D eigenvalue weighted by molar-refractivity contribution is 5.25. The van der Waals surface area contributed by atoms with Crippen LogP contribution in [0.1, 0.15) is 51.7 Å². The molecule has 0 aliphatic heterocycles. The van der Waals surface area contributed by atoms with Gasteiger partial charge < -0.3 is 4.74 Å². The molecule has 1 aromatic rings. The standard InChI is InChI=1S/C14H22O/c1-11(2)13-8-6-7-12(9-13)10-15-14(3,4)5/h6-9,11H,10H2,1-5H3. The quantitative estimate of drug-likeness (QED) is 0.722. The van der Waals surface area contributed by atoms with Crippen LogP contribution in [0.2, 0.25) is 0 Å². The number of benzene rings is 1. The first-order chi connectivity index (χ1) is 6.88. The molecule has 1 nitrogen and oxygen atoms in total. The summed E-state index contributed by atoms with van der Waals surface area (Å²) in [6.45, 7) is 11.4. The second kappa shape index (κ2) is 4.80. The predicted octanol–water partition coefficient (Wildman–Crippen LogP) is 4.13. The summed E-state index contributed by atoms with van der Waals surface area (Å²) in [7, 11) is 0. The molecule has 0 aliphatic rings. The Morgan fingerprint density at radius 3 is 2.40 bits per heavy atom. The third kappa shape index (κ3) is 4.48. The minimum absolute atomic E-state index is 0.0617. The number of hydrogen-bond acceptors (Lipinski definition) is 1. The molecular formula is C14H22O. The highest BCUT2D eigenvalue weighted by atomic mass is 16.5. The molecule has 1 aromatic carbocycles. The molecule has 0 amide bonds. The van der Waals surface area contributed by atoms with Gasteiger partial charge in [-0.05, 0) is 37.8 Å². The van der Waals surface area contributed by atoms with Gasteiger partial charge in [-0.25, -0.2) is 0 Å². The fraction of sp³-hybridized carbons (Fsp3) is 0.571. The Morgan fingerprint density at radius 1 is 1.20 bits per heavy atom. The Kier molecular flexibility index (Phi) is 3.92. The normalized spacial score (nSPS) is 12.1. The van der Waals surface area contributed by atoms with Crippen LogP contribution < -0.4 is 0 Å². The summed E-state index contributed by atoms with van der Waals surface area (Å²) in [6, 6.07) is 8.63. The van der Waals surface area contributed by atoms with Crippen molar-refractivity contribution in [3.63, 3.8) is 0 Å². The van der Waals surface area contributed by atoms with Crippen molar-refractivity contribution in [1.29, 1.82) is 0 Å². The first-order valence-electron chi connectivity index (χ1n) is 5.61. The summed E-state index contributed by atoms with van der Waals surface area (Å²) in [5, 5.41) is 0. The smallest absolute Gasteiger partial charge is 0.0724 e. The summed E-state index contributed by atoms with van der Waals surface area (Å²) in [5.41, 5.74) is 2.58. The molecule has 0 heterocycles. The van der Waals surface area contributed by atoms with Crippen molar-refractivity contribution in [2.45, 2.75) is 52.7 Å². The van der Waals surface area contributed by atoms with E-state index in [2.05, 4.69) is 58.9 Å². The monoisotopic (exact) mass is 206 g/mol. The Bertz CT molecular complexity index is 307. The van der Waals surface area contributed by atoms with E-state index in [0.717, 1.165) is 0 Å². The molecule has 0 unspecified atom stereocenters. The molecular weight excluding hydrogens is 184 g/mol. The van der Waals surface area contributed by atoms with Crippen LogP contribution in [0.5, 0.6) is 0 Å². The first kappa shape index (κ1) is 12.3. The van der Waals surface area contributed by atoms with Gasteiger partial charge in [0.05, 0.1) is 12.2 Å². The third-order valence-electron chi connectivity index (χ3n) is 2.29. The molecule has 0 N–H and O–H groups in total. The maximum absolute atomic E-state index is 5.75. The minimum Gasteiger partial charge on any atom is -0.371 e. The second-order valence-electron chi connectivity index (χ2n) is 5.30. The van der Waals surface area contributed by atoms with E-state index in [9.17, 15) is 0 Å². The molecule has 0 saturated heterocycles. The van der Waals surface area contributed by atoms with Crippen LogP contribution in [-0.4, -0.2) is 5.60 Å². The van der Waals surface area contributed by atoms with Crippen LogP contribution in [0.25, 0.3) is 0 Å². The lowest BCUT2D eigenvalue weighted by molar-refractivity contribution is -0.0149. The topological polar surface area (TPSA) is 9.23 Å². The number of hydrogen-bond donors (Lipinski definition) is 0. The molecule has 0 saturated carbocycles. The maximum Gasteiger partial charge on any atom is 0.0724 e. The van der Waals surface area contributed by atoms with E-state index >= 15 is 0 Å². The fourth-order valence-electron chi connectivity index (χ4n) is 1.34. The van der Waals surface area contributed by atoms with E-state index in [1.165, 1.54) is 11.1 Å². The second-order valence-corrected chi connectivity index (χ2v) is 5.30. The highest BCUT2D eigenvalue weighted by Gasteiger charge is 2.10. The summed E-state index contributed by atoms with van der Waals surface area (Å²) in [6.07, 6.45) is 0. The zero-order valence-electron chi connectivity index (χ0n) is 10.5. The average Bonchev–Trinajstić information content (AvgIpc) is 2.14. The van der Waals surface area contributed by atoms with E-state index in [-0.39, 0.29) is 5.60 Å². The Balaban J connectivity index is 2.66. The number of ether oxygens (including phenoxy) is 1. The van der Waals surface area contributed by atoms with Gasteiger partial charge in [-0.15, -0.1) is 0 Å². The molecule has 1 rings (SSSR count). The largest absolute Gasteiger partial charge is 0.371 e. The van der Waals surface area contributed by atoms with E-state index in [4.69, 9.17) is 4.74 Å². The van der Waals surface area contributed by atoms with Gasteiger partial charge in [0.1, 0.15) is 0 Å². The number of rotatable bonds is 3. The lowest BCUT2D eigenvalue weighted by Crippen LogP contribution is -2.18. The SMILES string of the molecule is CC(C)c1cccc(COC(C)(C)C)c1. The molecule has 0 radical (unpaired) electrons. The van der Waals surface area contributed by atoms with E-state index < -0.39 is 0 Å². The summed E-state index contributed by atoms with van der Waals surface area (Å²) >= 11 is 0. The third-order valence-corrected chi connectivity index (χ3v) is 2.29. The van der Waals surface area contributed by atoms with Crippen LogP contribution in [0.4, 0.5) is 0 Å². The lowest BCUT2D eigenvalue weighted by Gasteiger charge is -2.20. The Hall–Kier alpha value is -0.820. The van der Waals surface area contributed by atoms with Gasteiger partial charge >= 0.3 is 0 Å². The fourth-order valence-corrected chi connectivity index (χ4v) is 1.34. The zero-order chi connectivity index (χ0) is 11.5. The molecule has 1 heteroatoms. The first-order valence-corrected chi connectivity index (χ1v) is 5.61. The van der Waals surface area contributed by atoms with Gasteiger partial charge in [-0.2, -0.15) is 0 Å². The molecule has 0 spiro atoms. The molecule has 84 valence electrons. The van der Waals surface area contributed by atoms with Crippen LogP contribution in [0, 0.1) is 0 Å². The molecule has 0 bridgehead atoms. The van der Waals surface area contributed by atoms with Crippen molar-refractivity contribution in [3.8, 4) is 0 Å². The van der Waals surface area contributed by atoms with Crippen LogP contribution in [0.15, 0.2) is 24.3 Å². The average molecular weight is 206 g/mol. The molecule has 0 aromatic heterocycles. The van der Waals surface area contributed by atoms with Gasteiger partial charge in [0.15, 0.2) is 0 Å². The van der Waals surface area contributed by atoms with Gasteiger partial charge in [-0.3, -0.25) is 0 Å². The van der Waals surface area contributed by atoms with Crippen molar-refractivity contribution in [3.05, 3.63) is 35.4 Å². The maximum atomic E-state index is 5.75. The Labute approximate surface area is 93.5 Å². The predicted molar refractivity (Wildman–Crippen MR) is 65.1 cm³/mol. The van der Waals surface area contributed by atoms with Crippen molar-refractivity contribution in [1.82, 2.24) is 0 Å². The summed E-state index contributed by atoms with van der Waals surface area (Å²) in [5.74, 6) is 0.583. The molecule has 0 atom stereocenters. The highest BCUT2D eigenvalue weighted by Crippen LogP contribution is 2.17. The van der Waals surface area contributed by atoms with Gasteiger partial charge in [0, 0.05) is 0 Å². The minimum atomic E-state index is -0.0617. The lowest BCUT2D eigenvalue weighted by atomic mass is 10.0. The van der Waals surface area contributed by atoms with Gasteiger partial charge in [0.2, 0.25) is 0 Å². The van der Waals surface area contributed by atoms with E-state index in [0.29, 0.717) is 12.5 Å². The van der Waals surface area contributed by atoms with E-state index in [1.54, 1.807) is 0 Å². The van der Waals surface area contributed by atoms with Crippen molar-refractivity contribution < 1.29 is 4.74 Å². The van der Waals surface area contributed by atoms with Crippen LogP contribution in [-0.2, 0) is 11.3 Å². The van der Waals surface area contributed by atoms with Crippen LogP contribution >= 0.6 is 0 Å².